The summed E-state index contributed by atoms with van der Waals surface area (Å²) in [5, 5.41) is 23.0. The monoisotopic (exact) mass is 468 g/mol. The van der Waals surface area contributed by atoms with Crippen molar-refractivity contribution in [2.24, 2.45) is 0 Å². The van der Waals surface area contributed by atoms with Crippen molar-refractivity contribution in [3.63, 3.8) is 0 Å². The Hall–Kier alpha value is -4.59. The van der Waals surface area contributed by atoms with E-state index in [1.807, 2.05) is 42.5 Å². The van der Waals surface area contributed by atoms with Crippen molar-refractivity contribution in [3.05, 3.63) is 123 Å². The number of benzene rings is 3. The summed E-state index contributed by atoms with van der Waals surface area (Å²) in [7, 11) is 0. The van der Waals surface area contributed by atoms with Gasteiger partial charge in [-0.15, -0.1) is 0 Å². The molecule has 0 aliphatic carbocycles. The highest BCUT2D eigenvalue weighted by molar-refractivity contribution is 5.87. The fraction of sp³-hybridized carbons (Fsp3) is 0.111. The van der Waals surface area contributed by atoms with E-state index < -0.39 is 11.5 Å². The summed E-state index contributed by atoms with van der Waals surface area (Å²) in [4.78, 5) is 24.5. The molecule has 5 rings (SSSR count). The molecule has 0 saturated carbocycles. The van der Waals surface area contributed by atoms with Gasteiger partial charge < -0.3 is 5.11 Å². The van der Waals surface area contributed by atoms with Crippen LogP contribution in [-0.4, -0.2) is 31.1 Å². The molecule has 0 aliphatic heterocycles. The molecule has 0 unspecified atom stereocenters. The molecule has 174 valence electrons. The Bertz CT molecular complexity index is 1580. The second-order valence-electron chi connectivity index (χ2n) is 8.25. The van der Waals surface area contributed by atoms with E-state index in [4.69, 9.17) is 0 Å². The van der Waals surface area contributed by atoms with Crippen LogP contribution in [-0.2, 0) is 19.3 Å². The molecule has 0 atom stereocenters. The lowest BCUT2D eigenvalue weighted by atomic mass is 10.0. The van der Waals surface area contributed by atoms with Gasteiger partial charge in [-0.25, -0.2) is 19.0 Å². The van der Waals surface area contributed by atoms with Gasteiger partial charge in [-0.1, -0.05) is 54.6 Å². The Labute approximate surface area is 199 Å². The highest BCUT2D eigenvalue weighted by Gasteiger charge is 2.19. The average Bonchev–Trinajstić information content (AvgIpc) is 3.30. The number of rotatable bonds is 7. The van der Waals surface area contributed by atoms with Gasteiger partial charge >= 0.3 is 5.97 Å². The average molecular weight is 468 g/mol. The van der Waals surface area contributed by atoms with Crippen molar-refractivity contribution in [2.75, 3.05) is 0 Å². The minimum Gasteiger partial charge on any atom is -0.477 e. The first-order chi connectivity index (χ1) is 17.0. The molecule has 8 heteroatoms. The van der Waals surface area contributed by atoms with Gasteiger partial charge in [-0.05, 0) is 59.0 Å². The topological polar surface area (TPSA) is 101 Å². The maximum Gasteiger partial charge on any atom is 0.354 e. The van der Waals surface area contributed by atoms with E-state index in [2.05, 4.69) is 15.3 Å². The molecule has 2 N–H and O–H groups in total. The fourth-order valence-corrected chi connectivity index (χ4v) is 4.14. The van der Waals surface area contributed by atoms with Gasteiger partial charge in [-0.3, -0.25) is 4.79 Å². The van der Waals surface area contributed by atoms with E-state index in [-0.39, 0.29) is 17.2 Å². The third-order valence-corrected chi connectivity index (χ3v) is 5.88. The predicted molar refractivity (Wildman–Crippen MR) is 130 cm³/mol. The number of aryl methyl sites for hydroxylation is 2. The first-order valence-electron chi connectivity index (χ1n) is 11.1. The SMILES string of the molecule is O=C(O)c1cc(CCc2ccc(F)cc2)nn1-c1cc(Cc2cccc3ccccc23)n[nH]c1=O. The molecule has 0 bridgehead atoms. The number of hydrogen-bond acceptors (Lipinski definition) is 4. The van der Waals surface area contributed by atoms with Crippen LogP contribution in [0.5, 0.6) is 0 Å². The van der Waals surface area contributed by atoms with E-state index in [0.717, 1.165) is 26.6 Å². The van der Waals surface area contributed by atoms with Crippen molar-refractivity contribution < 1.29 is 14.3 Å². The maximum atomic E-state index is 13.1. The second-order valence-corrected chi connectivity index (χ2v) is 8.25. The summed E-state index contributed by atoms with van der Waals surface area (Å²) in [5.41, 5.74) is 2.45. The van der Waals surface area contributed by atoms with Crippen LogP contribution < -0.4 is 5.56 Å². The van der Waals surface area contributed by atoms with Crippen molar-refractivity contribution in [3.8, 4) is 5.69 Å². The van der Waals surface area contributed by atoms with Crippen LogP contribution in [0.15, 0.2) is 83.7 Å². The van der Waals surface area contributed by atoms with Gasteiger partial charge in [0.2, 0.25) is 0 Å². The Balaban J connectivity index is 1.47. The van der Waals surface area contributed by atoms with Crippen molar-refractivity contribution >= 4 is 16.7 Å². The number of carbonyl (C=O) groups is 1. The summed E-state index contributed by atoms with van der Waals surface area (Å²) >= 11 is 0. The largest absolute Gasteiger partial charge is 0.477 e. The highest BCUT2D eigenvalue weighted by atomic mass is 19.1. The van der Waals surface area contributed by atoms with Gasteiger partial charge in [-0.2, -0.15) is 10.2 Å². The summed E-state index contributed by atoms with van der Waals surface area (Å²) < 4.78 is 14.3. The van der Waals surface area contributed by atoms with Crippen LogP contribution in [0.25, 0.3) is 16.5 Å². The van der Waals surface area contributed by atoms with Crippen molar-refractivity contribution in [2.45, 2.75) is 19.3 Å². The lowest BCUT2D eigenvalue weighted by Crippen LogP contribution is -2.21. The van der Waals surface area contributed by atoms with E-state index in [9.17, 15) is 19.1 Å². The number of aromatic carboxylic acids is 1. The smallest absolute Gasteiger partial charge is 0.354 e. The summed E-state index contributed by atoms with van der Waals surface area (Å²) in [6, 6.07) is 23.1. The van der Waals surface area contributed by atoms with E-state index in [0.29, 0.717) is 30.7 Å². The molecule has 5 aromatic rings. The molecule has 0 fully saturated rings. The predicted octanol–water partition coefficient (Wildman–Crippen LogP) is 4.32. The molecule has 0 spiro atoms. The minimum absolute atomic E-state index is 0.0840. The van der Waals surface area contributed by atoms with Crippen LogP contribution in [0, 0.1) is 5.82 Å². The van der Waals surface area contributed by atoms with E-state index in [1.165, 1.54) is 18.2 Å². The molecule has 0 amide bonds. The zero-order valence-electron chi connectivity index (χ0n) is 18.6. The number of aromatic amines is 1. The lowest BCUT2D eigenvalue weighted by Gasteiger charge is -2.08. The molecule has 0 radical (unpaired) electrons. The first kappa shape index (κ1) is 22.2. The third-order valence-electron chi connectivity index (χ3n) is 5.88. The van der Waals surface area contributed by atoms with Gasteiger partial charge in [0.15, 0.2) is 5.69 Å². The standard InChI is InChI=1S/C27H21FN4O3/c28-20-11-8-17(9-12-20)10-13-21-15-25(27(34)35)32(31-21)24-16-22(29-30-26(24)33)14-19-6-3-5-18-4-1-2-7-23(18)19/h1-9,11-12,15-16H,10,13-14H2,(H,30,33)(H,34,35). The number of hydrogen-bond donors (Lipinski definition) is 2. The molecule has 2 aromatic heterocycles. The summed E-state index contributed by atoms with van der Waals surface area (Å²) in [5.74, 6) is -1.51. The van der Waals surface area contributed by atoms with Gasteiger partial charge in [0.1, 0.15) is 11.5 Å². The molecular weight excluding hydrogens is 447 g/mol. The van der Waals surface area contributed by atoms with Crippen LogP contribution in [0.3, 0.4) is 0 Å². The lowest BCUT2D eigenvalue weighted by molar-refractivity contribution is 0.0687. The molecule has 35 heavy (non-hydrogen) atoms. The number of nitrogens with one attached hydrogen (secondary N) is 1. The third kappa shape index (κ3) is 4.72. The van der Waals surface area contributed by atoms with Crippen LogP contribution in [0.4, 0.5) is 4.39 Å². The number of H-pyrrole nitrogens is 1. The zero-order valence-corrected chi connectivity index (χ0v) is 18.6. The number of carboxylic acids is 1. The molecule has 0 aliphatic rings. The molecule has 7 nitrogen and oxygen atoms in total. The van der Waals surface area contributed by atoms with Gasteiger partial charge in [0, 0.05) is 6.42 Å². The summed E-state index contributed by atoms with van der Waals surface area (Å²) in [6.07, 6.45) is 1.44. The van der Waals surface area contributed by atoms with Crippen molar-refractivity contribution in [1.29, 1.82) is 0 Å². The molecule has 0 saturated heterocycles. The second kappa shape index (κ2) is 9.34. The van der Waals surface area contributed by atoms with Crippen LogP contribution >= 0.6 is 0 Å². The van der Waals surface area contributed by atoms with Crippen molar-refractivity contribution in [1.82, 2.24) is 20.0 Å². The molecular formula is C27H21FN4O3. The van der Waals surface area contributed by atoms with Gasteiger partial charge in [0.25, 0.3) is 5.56 Å². The number of fused-ring (bicyclic) bond motifs is 1. The van der Waals surface area contributed by atoms with Gasteiger partial charge in [0.05, 0.1) is 11.4 Å². The first-order valence-corrected chi connectivity index (χ1v) is 11.1. The number of aromatic nitrogens is 4. The number of carboxylic acid groups (broad SMARTS) is 1. The molecule has 3 aromatic carbocycles. The van der Waals surface area contributed by atoms with Crippen LogP contribution in [0.2, 0.25) is 0 Å². The Morgan fingerprint density at radius 2 is 1.71 bits per heavy atom. The normalized spacial score (nSPS) is 11.1. The summed E-state index contributed by atoms with van der Waals surface area (Å²) in [6.45, 7) is 0. The van der Waals surface area contributed by atoms with Crippen LogP contribution in [0.1, 0.15) is 33.0 Å². The minimum atomic E-state index is -1.20. The highest BCUT2D eigenvalue weighted by Crippen LogP contribution is 2.21. The molecule has 2 heterocycles. The Morgan fingerprint density at radius 3 is 2.51 bits per heavy atom. The zero-order chi connectivity index (χ0) is 24.4. The number of nitrogens with zero attached hydrogens (tertiary/aromatic N) is 3. The number of halogens is 1. The fourth-order valence-electron chi connectivity index (χ4n) is 4.14. The Kier molecular flexibility index (Phi) is 5.93. The van der Waals surface area contributed by atoms with E-state index >= 15 is 0 Å². The van der Waals surface area contributed by atoms with E-state index in [1.54, 1.807) is 18.2 Å². The Morgan fingerprint density at radius 1 is 0.943 bits per heavy atom. The maximum absolute atomic E-state index is 13.1. The quantitative estimate of drug-likeness (QED) is 0.370.